The van der Waals surface area contributed by atoms with Crippen LogP contribution in [0.3, 0.4) is 0 Å². The zero-order valence-electron chi connectivity index (χ0n) is 13.7. The third-order valence-electron chi connectivity index (χ3n) is 5.03. The first-order valence-corrected chi connectivity index (χ1v) is 8.60. The molecule has 2 aromatic heterocycles. The van der Waals surface area contributed by atoms with Gasteiger partial charge in [-0.25, -0.2) is 0 Å². The van der Waals surface area contributed by atoms with Gasteiger partial charge in [0.1, 0.15) is 12.7 Å². The molecule has 0 bridgehead atoms. The summed E-state index contributed by atoms with van der Waals surface area (Å²) in [5.74, 6) is 0.649. The number of carbonyl (C=O) groups excluding carboxylic acids is 1. The van der Waals surface area contributed by atoms with Gasteiger partial charge in [-0.1, -0.05) is 6.07 Å². The Bertz CT molecular complexity index is 925. The van der Waals surface area contributed by atoms with Gasteiger partial charge in [-0.3, -0.25) is 14.5 Å². The van der Waals surface area contributed by atoms with Gasteiger partial charge >= 0.3 is 0 Å². The highest BCUT2D eigenvalue weighted by molar-refractivity contribution is 5.95. The molecule has 0 unspecified atom stereocenters. The second-order valence-corrected chi connectivity index (χ2v) is 6.74. The molecule has 0 spiro atoms. The molecule has 3 heterocycles. The van der Waals surface area contributed by atoms with Crippen LogP contribution in [0.25, 0.3) is 5.69 Å². The van der Waals surface area contributed by atoms with Crippen LogP contribution >= 0.6 is 0 Å². The minimum atomic E-state index is 0.0588. The van der Waals surface area contributed by atoms with Gasteiger partial charge in [-0.15, -0.1) is 10.2 Å². The third-order valence-corrected chi connectivity index (χ3v) is 5.03. The Morgan fingerprint density at radius 3 is 2.84 bits per heavy atom. The number of carbonyl (C=O) groups is 1. The minimum Gasteiger partial charge on any atom is -0.334 e. The van der Waals surface area contributed by atoms with Crippen molar-refractivity contribution in [3.8, 4) is 5.69 Å². The summed E-state index contributed by atoms with van der Waals surface area (Å²) >= 11 is 0. The summed E-state index contributed by atoms with van der Waals surface area (Å²) in [5.41, 5.74) is 5.17. The van der Waals surface area contributed by atoms with E-state index in [9.17, 15) is 4.79 Å². The fourth-order valence-electron chi connectivity index (χ4n) is 3.50. The zero-order chi connectivity index (χ0) is 16.8. The van der Waals surface area contributed by atoms with Crippen molar-refractivity contribution in [3.63, 3.8) is 0 Å². The Labute approximate surface area is 144 Å². The average Bonchev–Trinajstić information content (AvgIpc) is 3.19. The van der Waals surface area contributed by atoms with Crippen LogP contribution in [0.15, 0.2) is 36.9 Å². The fourth-order valence-corrected chi connectivity index (χ4v) is 3.50. The highest BCUT2D eigenvalue weighted by Crippen LogP contribution is 2.42. The van der Waals surface area contributed by atoms with Gasteiger partial charge in [0.25, 0.3) is 5.91 Å². The molecule has 3 aromatic rings. The molecular formula is C18H18N6O. The maximum Gasteiger partial charge on any atom is 0.254 e. The Kier molecular flexibility index (Phi) is 3.19. The lowest BCUT2D eigenvalue weighted by Gasteiger charge is -2.27. The van der Waals surface area contributed by atoms with Gasteiger partial charge in [0.15, 0.2) is 0 Å². The van der Waals surface area contributed by atoms with Crippen molar-refractivity contribution in [2.45, 2.75) is 31.7 Å². The second-order valence-electron chi connectivity index (χ2n) is 6.74. The predicted molar refractivity (Wildman–Crippen MR) is 90.4 cm³/mol. The number of hydrogen-bond donors (Lipinski definition) is 1. The van der Waals surface area contributed by atoms with Crippen molar-refractivity contribution in [1.82, 2.24) is 29.9 Å². The fraction of sp³-hybridized carbons (Fsp3) is 0.333. The SMILES string of the molecule is O=C(c1cccc(-n2cnnc2)c1)N1CCc2[nH]nc(C3CC3)c2C1. The van der Waals surface area contributed by atoms with E-state index in [1.165, 1.54) is 29.8 Å². The number of nitrogens with zero attached hydrogens (tertiary/aromatic N) is 5. The number of nitrogens with one attached hydrogen (secondary N) is 1. The standard InChI is InChI=1S/C18H18N6O/c25-18(13-2-1-3-14(8-13)24-10-19-20-11-24)23-7-6-16-15(9-23)17(22-21-16)12-4-5-12/h1-3,8,10-12H,4-7,9H2,(H,21,22). The average molecular weight is 334 g/mol. The first-order valence-electron chi connectivity index (χ1n) is 8.60. The van der Waals surface area contributed by atoms with Crippen LogP contribution in [0.5, 0.6) is 0 Å². The maximum absolute atomic E-state index is 13.0. The van der Waals surface area contributed by atoms with Crippen LogP contribution in [-0.4, -0.2) is 42.3 Å². The Balaban J connectivity index is 1.41. The van der Waals surface area contributed by atoms with Gasteiger partial charge < -0.3 is 4.90 Å². The second kappa shape index (κ2) is 5.54. The molecular weight excluding hydrogens is 316 g/mol. The Morgan fingerprint density at radius 1 is 1.20 bits per heavy atom. The van der Waals surface area contributed by atoms with Crippen LogP contribution < -0.4 is 0 Å². The van der Waals surface area contributed by atoms with E-state index in [-0.39, 0.29) is 5.91 Å². The van der Waals surface area contributed by atoms with Gasteiger partial charge in [-0.2, -0.15) is 5.10 Å². The summed E-state index contributed by atoms with van der Waals surface area (Å²) in [4.78, 5) is 14.9. The molecule has 1 aromatic carbocycles. The van der Waals surface area contributed by atoms with E-state index in [1.54, 1.807) is 17.2 Å². The molecule has 1 fully saturated rings. The van der Waals surface area contributed by atoms with E-state index in [0.29, 0.717) is 18.0 Å². The molecule has 0 radical (unpaired) electrons. The summed E-state index contributed by atoms with van der Waals surface area (Å²) in [5, 5.41) is 15.3. The molecule has 2 aliphatic rings. The number of benzene rings is 1. The highest BCUT2D eigenvalue weighted by atomic mass is 16.2. The lowest BCUT2D eigenvalue weighted by atomic mass is 10.0. The summed E-state index contributed by atoms with van der Waals surface area (Å²) in [6.07, 6.45) is 6.53. The van der Waals surface area contributed by atoms with E-state index in [4.69, 9.17) is 0 Å². The highest BCUT2D eigenvalue weighted by Gasteiger charge is 2.33. The van der Waals surface area contributed by atoms with E-state index in [1.807, 2.05) is 29.2 Å². The van der Waals surface area contributed by atoms with E-state index >= 15 is 0 Å². The molecule has 1 aliphatic heterocycles. The monoisotopic (exact) mass is 334 g/mol. The minimum absolute atomic E-state index is 0.0588. The van der Waals surface area contributed by atoms with E-state index in [2.05, 4.69) is 20.4 Å². The molecule has 5 rings (SSSR count). The quantitative estimate of drug-likeness (QED) is 0.795. The molecule has 126 valence electrons. The van der Waals surface area contributed by atoms with Crippen LogP contribution in [0.2, 0.25) is 0 Å². The van der Waals surface area contributed by atoms with Crippen LogP contribution in [0, 0.1) is 0 Å². The largest absolute Gasteiger partial charge is 0.334 e. The normalized spacial score (nSPS) is 16.7. The molecule has 0 atom stereocenters. The Morgan fingerprint density at radius 2 is 2.04 bits per heavy atom. The molecule has 1 saturated carbocycles. The number of rotatable bonds is 3. The Hall–Kier alpha value is -2.96. The van der Waals surface area contributed by atoms with Crippen molar-refractivity contribution in [1.29, 1.82) is 0 Å². The molecule has 1 aliphatic carbocycles. The maximum atomic E-state index is 13.0. The summed E-state index contributed by atoms with van der Waals surface area (Å²) in [7, 11) is 0. The predicted octanol–water partition coefficient (Wildman–Crippen LogP) is 2.07. The van der Waals surface area contributed by atoms with E-state index < -0.39 is 0 Å². The topological polar surface area (TPSA) is 79.7 Å². The number of hydrogen-bond acceptors (Lipinski definition) is 4. The molecule has 1 N–H and O–H groups in total. The van der Waals surface area contributed by atoms with Gasteiger partial charge in [-0.05, 0) is 31.0 Å². The smallest absolute Gasteiger partial charge is 0.254 e. The first kappa shape index (κ1) is 14.4. The molecule has 1 amide bonds. The van der Waals surface area contributed by atoms with Gasteiger partial charge in [0.2, 0.25) is 0 Å². The lowest BCUT2D eigenvalue weighted by Crippen LogP contribution is -2.36. The number of H-pyrrole nitrogens is 1. The van der Waals surface area contributed by atoms with Crippen molar-refractivity contribution in [2.24, 2.45) is 0 Å². The zero-order valence-corrected chi connectivity index (χ0v) is 13.7. The van der Waals surface area contributed by atoms with Crippen LogP contribution in [0.4, 0.5) is 0 Å². The summed E-state index contributed by atoms with van der Waals surface area (Å²) < 4.78 is 1.80. The molecule has 0 saturated heterocycles. The molecule has 7 heteroatoms. The number of fused-ring (bicyclic) bond motifs is 1. The summed E-state index contributed by atoms with van der Waals surface area (Å²) in [6.45, 7) is 1.36. The molecule has 25 heavy (non-hydrogen) atoms. The molecule has 7 nitrogen and oxygen atoms in total. The summed E-state index contributed by atoms with van der Waals surface area (Å²) in [6, 6.07) is 7.59. The van der Waals surface area contributed by atoms with Crippen molar-refractivity contribution in [3.05, 3.63) is 59.4 Å². The number of aromatic nitrogens is 5. The van der Waals surface area contributed by atoms with Gasteiger partial charge in [0.05, 0.1) is 5.69 Å². The lowest BCUT2D eigenvalue weighted by molar-refractivity contribution is 0.0734. The van der Waals surface area contributed by atoms with Crippen LogP contribution in [0.1, 0.15) is 46.1 Å². The van der Waals surface area contributed by atoms with Crippen molar-refractivity contribution >= 4 is 5.91 Å². The van der Waals surface area contributed by atoms with E-state index in [0.717, 1.165) is 18.7 Å². The van der Waals surface area contributed by atoms with Crippen LogP contribution in [-0.2, 0) is 13.0 Å². The number of aromatic amines is 1. The first-order chi connectivity index (χ1) is 12.3. The van der Waals surface area contributed by atoms with Gasteiger partial charge in [0, 0.05) is 47.9 Å². The third kappa shape index (κ3) is 2.52. The van der Waals surface area contributed by atoms with Crippen molar-refractivity contribution < 1.29 is 4.79 Å². The number of amides is 1. The van der Waals surface area contributed by atoms with Crippen molar-refractivity contribution in [2.75, 3.05) is 6.54 Å².